The Morgan fingerprint density at radius 3 is 2.59 bits per heavy atom. The van der Waals surface area contributed by atoms with Gasteiger partial charge in [0.15, 0.2) is 0 Å². The molecule has 5 nitrogen and oxygen atoms in total. The van der Waals surface area contributed by atoms with E-state index in [4.69, 9.17) is 11.6 Å². The number of hydrogen-bond donors (Lipinski definition) is 1. The fourth-order valence-electron chi connectivity index (χ4n) is 2.54. The van der Waals surface area contributed by atoms with Crippen molar-refractivity contribution >= 4 is 40.2 Å². The smallest absolute Gasteiger partial charge is 0.230 e. The van der Waals surface area contributed by atoms with E-state index in [9.17, 15) is 4.79 Å². The predicted molar refractivity (Wildman–Crippen MR) is 111 cm³/mol. The van der Waals surface area contributed by atoms with E-state index in [-0.39, 0.29) is 5.91 Å². The van der Waals surface area contributed by atoms with Gasteiger partial charge in [-0.2, -0.15) is 0 Å². The number of nitrogens with one attached hydrogen (secondary N) is 1. The number of halogens is 1. The maximum atomic E-state index is 12.2. The molecule has 0 spiro atoms. The van der Waals surface area contributed by atoms with Gasteiger partial charge < -0.3 is 10.2 Å². The first-order valence-corrected chi connectivity index (χ1v) is 9.92. The summed E-state index contributed by atoms with van der Waals surface area (Å²) in [5.41, 5.74) is 1.91. The van der Waals surface area contributed by atoms with E-state index in [0.29, 0.717) is 23.9 Å². The van der Waals surface area contributed by atoms with E-state index in [1.54, 1.807) is 0 Å². The average molecular weight is 401 g/mol. The third-order valence-corrected chi connectivity index (χ3v) is 5.06. The van der Waals surface area contributed by atoms with Gasteiger partial charge in [-0.3, -0.25) is 4.79 Å². The van der Waals surface area contributed by atoms with Crippen molar-refractivity contribution in [3.8, 4) is 0 Å². The third kappa shape index (κ3) is 5.66. The van der Waals surface area contributed by atoms with Crippen LogP contribution < -0.4 is 5.32 Å². The Kier molecular flexibility index (Phi) is 6.66. The summed E-state index contributed by atoms with van der Waals surface area (Å²) in [6.07, 6.45) is 0. The molecule has 0 saturated carbocycles. The van der Waals surface area contributed by atoms with Crippen molar-refractivity contribution in [1.29, 1.82) is 0 Å². The number of para-hydroxylation sites is 1. The van der Waals surface area contributed by atoms with Gasteiger partial charge in [-0.1, -0.05) is 53.7 Å². The van der Waals surface area contributed by atoms with E-state index < -0.39 is 0 Å². The molecule has 1 heterocycles. The van der Waals surface area contributed by atoms with Crippen molar-refractivity contribution in [2.45, 2.75) is 18.1 Å². The van der Waals surface area contributed by atoms with Gasteiger partial charge in [0.1, 0.15) is 10.9 Å². The largest absolute Gasteiger partial charge is 0.351 e. The van der Waals surface area contributed by atoms with Crippen molar-refractivity contribution in [3.63, 3.8) is 0 Å². The molecule has 0 unspecified atom stereocenters. The fraction of sp³-hybridized carbons (Fsp3) is 0.250. The number of fused-ring (bicyclic) bond motifs is 1. The van der Waals surface area contributed by atoms with Crippen LogP contribution >= 0.6 is 23.4 Å². The monoisotopic (exact) mass is 400 g/mol. The molecule has 7 heteroatoms. The van der Waals surface area contributed by atoms with Crippen LogP contribution in [0.4, 0.5) is 0 Å². The number of rotatable bonds is 7. The molecular formula is C20H21ClN4OS. The maximum Gasteiger partial charge on any atom is 0.230 e. The highest BCUT2D eigenvalue weighted by molar-refractivity contribution is 8.00. The second kappa shape index (κ2) is 9.17. The molecule has 3 aromatic rings. The molecule has 0 aliphatic heterocycles. The van der Waals surface area contributed by atoms with Crippen molar-refractivity contribution in [1.82, 2.24) is 20.2 Å². The quantitative estimate of drug-likeness (QED) is 0.483. The van der Waals surface area contributed by atoms with E-state index in [2.05, 4.69) is 15.3 Å². The summed E-state index contributed by atoms with van der Waals surface area (Å²) in [5.74, 6) is 1.02. The Morgan fingerprint density at radius 1 is 1.11 bits per heavy atom. The van der Waals surface area contributed by atoms with Gasteiger partial charge in [-0.05, 0) is 37.9 Å². The van der Waals surface area contributed by atoms with Crippen molar-refractivity contribution in [2.75, 3.05) is 19.8 Å². The Bertz CT molecular complexity index is 931. The number of carbonyl (C=O) groups is 1. The highest BCUT2D eigenvalue weighted by Crippen LogP contribution is 2.25. The summed E-state index contributed by atoms with van der Waals surface area (Å²) in [5, 5.41) is 5.41. The number of aromatic nitrogens is 2. The topological polar surface area (TPSA) is 58.1 Å². The molecule has 0 aliphatic rings. The number of carbonyl (C=O) groups excluding carboxylic acids is 1. The van der Waals surface area contributed by atoms with Crippen molar-refractivity contribution in [2.24, 2.45) is 0 Å². The number of thioether (sulfide) groups is 1. The number of amides is 1. The molecule has 27 heavy (non-hydrogen) atoms. The zero-order chi connectivity index (χ0) is 19.2. The Balaban J connectivity index is 1.66. The standard InChI is InChI=1S/C20H21ClN4OS/c1-25(2)12-18-23-17-6-4-3-5-16(17)20(24-18)27-13-19(26)22-11-14-7-9-15(21)10-8-14/h3-10H,11-13H2,1-2H3,(H,22,26). The van der Waals surface area contributed by atoms with Crippen LogP contribution in [0.15, 0.2) is 53.6 Å². The van der Waals surface area contributed by atoms with Crippen LogP contribution in [0.3, 0.4) is 0 Å². The number of benzene rings is 2. The van der Waals surface area contributed by atoms with E-state index in [1.807, 2.05) is 67.5 Å². The van der Waals surface area contributed by atoms with Crippen LogP contribution in [0.5, 0.6) is 0 Å². The first-order valence-electron chi connectivity index (χ1n) is 8.55. The molecule has 0 bridgehead atoms. The second-order valence-electron chi connectivity index (χ2n) is 6.39. The molecule has 1 N–H and O–H groups in total. The van der Waals surface area contributed by atoms with Crippen LogP contribution in [0.1, 0.15) is 11.4 Å². The minimum Gasteiger partial charge on any atom is -0.351 e. The van der Waals surface area contributed by atoms with E-state index in [0.717, 1.165) is 27.3 Å². The van der Waals surface area contributed by atoms with Crippen molar-refractivity contribution in [3.05, 3.63) is 64.9 Å². The summed E-state index contributed by atoms with van der Waals surface area (Å²) >= 11 is 7.31. The van der Waals surface area contributed by atoms with Gasteiger partial charge in [-0.15, -0.1) is 0 Å². The molecule has 0 atom stereocenters. The maximum absolute atomic E-state index is 12.2. The average Bonchev–Trinajstić information content (AvgIpc) is 2.65. The lowest BCUT2D eigenvalue weighted by atomic mass is 10.2. The van der Waals surface area contributed by atoms with Gasteiger partial charge in [-0.25, -0.2) is 9.97 Å². The van der Waals surface area contributed by atoms with Gasteiger partial charge in [0, 0.05) is 17.0 Å². The predicted octanol–water partition coefficient (Wildman–Crippen LogP) is 3.75. The van der Waals surface area contributed by atoms with E-state index in [1.165, 1.54) is 11.8 Å². The Morgan fingerprint density at radius 2 is 1.85 bits per heavy atom. The molecule has 0 fully saturated rings. The number of hydrogen-bond acceptors (Lipinski definition) is 5. The van der Waals surface area contributed by atoms with Crippen LogP contribution in [0.2, 0.25) is 5.02 Å². The normalized spacial score (nSPS) is 11.1. The molecule has 2 aromatic carbocycles. The van der Waals surface area contributed by atoms with Gasteiger partial charge >= 0.3 is 0 Å². The minimum atomic E-state index is -0.0354. The molecule has 0 aliphatic carbocycles. The van der Waals surface area contributed by atoms with Crippen molar-refractivity contribution < 1.29 is 4.79 Å². The third-order valence-electron chi connectivity index (χ3n) is 3.82. The Hall–Kier alpha value is -2.15. The van der Waals surface area contributed by atoms with Crippen LogP contribution in [-0.2, 0) is 17.9 Å². The zero-order valence-electron chi connectivity index (χ0n) is 15.3. The van der Waals surface area contributed by atoms with Crippen LogP contribution in [0, 0.1) is 0 Å². The Labute approximate surface area is 168 Å². The molecule has 140 valence electrons. The minimum absolute atomic E-state index is 0.0354. The zero-order valence-corrected chi connectivity index (χ0v) is 16.8. The lowest BCUT2D eigenvalue weighted by molar-refractivity contribution is -0.118. The molecule has 1 aromatic heterocycles. The lowest BCUT2D eigenvalue weighted by Gasteiger charge is -2.12. The first kappa shape index (κ1) is 19.6. The van der Waals surface area contributed by atoms with Crippen LogP contribution in [-0.4, -0.2) is 40.6 Å². The molecule has 0 saturated heterocycles. The summed E-state index contributed by atoms with van der Waals surface area (Å²) in [4.78, 5) is 23.5. The molecule has 0 radical (unpaired) electrons. The van der Waals surface area contributed by atoms with Gasteiger partial charge in [0.05, 0.1) is 17.8 Å². The lowest BCUT2D eigenvalue weighted by Crippen LogP contribution is -2.24. The first-order chi connectivity index (χ1) is 13.0. The summed E-state index contributed by atoms with van der Waals surface area (Å²) < 4.78 is 0. The number of nitrogens with zero attached hydrogens (tertiary/aromatic N) is 3. The SMILES string of the molecule is CN(C)Cc1nc(SCC(=O)NCc2ccc(Cl)cc2)c2ccccc2n1. The second-order valence-corrected chi connectivity index (χ2v) is 7.79. The van der Waals surface area contributed by atoms with Gasteiger partial charge in [0.25, 0.3) is 0 Å². The summed E-state index contributed by atoms with van der Waals surface area (Å²) in [6.45, 7) is 1.13. The molecule has 3 rings (SSSR count). The van der Waals surface area contributed by atoms with Gasteiger partial charge in [0.2, 0.25) is 5.91 Å². The highest BCUT2D eigenvalue weighted by Gasteiger charge is 2.11. The summed E-state index contributed by atoms with van der Waals surface area (Å²) in [6, 6.07) is 15.3. The molecule has 1 amide bonds. The fourth-order valence-corrected chi connectivity index (χ4v) is 3.54. The highest BCUT2D eigenvalue weighted by atomic mass is 35.5. The summed E-state index contributed by atoms with van der Waals surface area (Å²) in [7, 11) is 3.96. The molecular weight excluding hydrogens is 380 g/mol. The van der Waals surface area contributed by atoms with E-state index >= 15 is 0 Å². The van der Waals surface area contributed by atoms with Crippen LogP contribution in [0.25, 0.3) is 10.9 Å².